The minimum absolute atomic E-state index is 0.0340. The van der Waals surface area contributed by atoms with Gasteiger partial charge in [-0.15, -0.1) is 0 Å². The van der Waals surface area contributed by atoms with E-state index in [1.165, 1.54) is 46.8 Å². The molecular weight excluding hydrogens is 438 g/mol. The van der Waals surface area contributed by atoms with Crippen LogP contribution in [0.1, 0.15) is 26.3 Å². The third-order valence-electron chi connectivity index (χ3n) is 5.03. The first-order valence-corrected chi connectivity index (χ1v) is 11.2. The van der Waals surface area contributed by atoms with Gasteiger partial charge in [-0.25, -0.2) is 8.42 Å². The number of hydrogen-bond acceptors (Lipinski definition) is 4. The van der Waals surface area contributed by atoms with Gasteiger partial charge in [0, 0.05) is 23.4 Å². The second-order valence-electron chi connectivity index (χ2n) is 7.00. The molecule has 3 N–H and O–H groups in total. The summed E-state index contributed by atoms with van der Waals surface area (Å²) in [5, 5.41) is 2.70. The van der Waals surface area contributed by atoms with Crippen molar-refractivity contribution in [1.82, 2.24) is 0 Å². The smallest absolute Gasteiger partial charge is 0.265 e. The third kappa shape index (κ3) is 3.99. The molecule has 0 bridgehead atoms. The van der Waals surface area contributed by atoms with Crippen molar-refractivity contribution in [3.8, 4) is 0 Å². The average molecular weight is 456 g/mol. The zero-order valence-electron chi connectivity index (χ0n) is 16.2. The Balaban J connectivity index is 1.62. The van der Waals surface area contributed by atoms with Gasteiger partial charge in [0.15, 0.2) is 0 Å². The molecule has 0 aromatic heterocycles. The molecule has 0 atom stereocenters. The van der Waals surface area contributed by atoms with Crippen molar-refractivity contribution in [3.05, 3.63) is 88.4 Å². The van der Waals surface area contributed by atoms with E-state index in [1.54, 1.807) is 12.1 Å². The summed E-state index contributed by atoms with van der Waals surface area (Å²) in [6.07, 6.45) is 0.606. The van der Waals surface area contributed by atoms with Gasteiger partial charge in [0.25, 0.3) is 15.9 Å². The van der Waals surface area contributed by atoms with E-state index < -0.39 is 21.8 Å². The lowest BCUT2D eigenvalue weighted by molar-refractivity contribution is 0.0998. The van der Waals surface area contributed by atoms with Gasteiger partial charge in [0.05, 0.1) is 10.7 Å². The third-order valence-corrected chi connectivity index (χ3v) is 7.33. The molecule has 0 fully saturated rings. The Morgan fingerprint density at radius 1 is 0.968 bits per heavy atom. The fraction of sp³-hybridized carbons (Fsp3) is 0.0909. The van der Waals surface area contributed by atoms with Crippen LogP contribution >= 0.6 is 11.6 Å². The predicted octanol–water partition coefficient (Wildman–Crippen LogP) is 3.44. The number of fused-ring (bicyclic) bond motifs is 1. The summed E-state index contributed by atoms with van der Waals surface area (Å²) < 4.78 is 28.0. The van der Waals surface area contributed by atoms with Crippen LogP contribution in [0.3, 0.4) is 0 Å². The molecule has 3 aromatic rings. The van der Waals surface area contributed by atoms with E-state index in [9.17, 15) is 18.0 Å². The van der Waals surface area contributed by atoms with E-state index in [0.29, 0.717) is 29.9 Å². The van der Waals surface area contributed by atoms with Gasteiger partial charge in [-0.3, -0.25) is 13.9 Å². The molecule has 0 radical (unpaired) electrons. The maximum Gasteiger partial charge on any atom is 0.265 e. The van der Waals surface area contributed by atoms with Crippen LogP contribution in [0.25, 0.3) is 0 Å². The van der Waals surface area contributed by atoms with Gasteiger partial charge in [-0.05, 0) is 60.5 Å². The Labute approximate surface area is 184 Å². The van der Waals surface area contributed by atoms with Crippen LogP contribution in [0.15, 0.2) is 71.6 Å². The Morgan fingerprint density at radius 3 is 2.35 bits per heavy atom. The maximum absolute atomic E-state index is 13.3. The van der Waals surface area contributed by atoms with E-state index in [2.05, 4.69) is 5.32 Å². The summed E-state index contributed by atoms with van der Waals surface area (Å²) in [5.74, 6) is -1.09. The van der Waals surface area contributed by atoms with Crippen molar-refractivity contribution in [2.75, 3.05) is 16.2 Å². The first-order valence-electron chi connectivity index (χ1n) is 9.39. The molecule has 158 valence electrons. The van der Waals surface area contributed by atoms with Crippen molar-refractivity contribution in [3.63, 3.8) is 0 Å². The number of rotatable bonds is 5. The van der Waals surface area contributed by atoms with Crippen LogP contribution in [-0.4, -0.2) is 26.8 Å². The zero-order valence-corrected chi connectivity index (χ0v) is 17.8. The molecule has 0 aliphatic carbocycles. The number of nitrogens with two attached hydrogens (primary N) is 1. The van der Waals surface area contributed by atoms with E-state index in [1.807, 2.05) is 12.1 Å². The van der Waals surface area contributed by atoms with E-state index in [-0.39, 0.29) is 15.5 Å². The van der Waals surface area contributed by atoms with Crippen LogP contribution in [0.4, 0.5) is 11.4 Å². The SMILES string of the molecule is NC(=O)c1ccc(NC(=O)c2ccc(Cl)c(S(=O)(=O)N3CCc4ccccc43)c2)cc1. The minimum Gasteiger partial charge on any atom is -0.366 e. The topological polar surface area (TPSA) is 110 Å². The van der Waals surface area contributed by atoms with Gasteiger partial charge in [0.2, 0.25) is 5.91 Å². The highest BCUT2D eigenvalue weighted by molar-refractivity contribution is 7.93. The molecule has 2 amide bonds. The lowest BCUT2D eigenvalue weighted by atomic mass is 10.1. The lowest BCUT2D eigenvalue weighted by Crippen LogP contribution is -2.29. The van der Waals surface area contributed by atoms with Crippen molar-refractivity contribution in [1.29, 1.82) is 0 Å². The number of nitrogens with zero attached hydrogens (tertiary/aromatic N) is 1. The van der Waals surface area contributed by atoms with Gasteiger partial charge in [-0.2, -0.15) is 0 Å². The second-order valence-corrected chi connectivity index (χ2v) is 9.23. The fourth-order valence-corrected chi connectivity index (χ4v) is 5.45. The molecule has 4 rings (SSSR count). The summed E-state index contributed by atoms with van der Waals surface area (Å²) in [6, 6.07) is 17.4. The van der Waals surface area contributed by atoms with Crippen LogP contribution in [0, 0.1) is 0 Å². The molecule has 9 heteroatoms. The van der Waals surface area contributed by atoms with Crippen molar-refractivity contribution in [2.45, 2.75) is 11.3 Å². The van der Waals surface area contributed by atoms with E-state index >= 15 is 0 Å². The maximum atomic E-state index is 13.3. The number of halogens is 1. The summed E-state index contributed by atoms with van der Waals surface area (Å²) in [4.78, 5) is 23.7. The number of carbonyl (C=O) groups excluding carboxylic acids is 2. The molecule has 0 saturated carbocycles. The molecule has 3 aromatic carbocycles. The Hall–Kier alpha value is -3.36. The minimum atomic E-state index is -3.96. The predicted molar refractivity (Wildman–Crippen MR) is 119 cm³/mol. The molecule has 1 aliphatic heterocycles. The molecule has 7 nitrogen and oxygen atoms in total. The summed E-state index contributed by atoms with van der Waals surface area (Å²) in [5.41, 5.74) is 7.64. The van der Waals surface area contributed by atoms with Crippen molar-refractivity contribution < 1.29 is 18.0 Å². The van der Waals surface area contributed by atoms with Gasteiger partial charge < -0.3 is 11.1 Å². The first kappa shape index (κ1) is 20.9. The van der Waals surface area contributed by atoms with Crippen LogP contribution in [0.5, 0.6) is 0 Å². The number of anilines is 2. The number of benzene rings is 3. The number of para-hydroxylation sites is 1. The molecule has 0 saturated heterocycles. The highest BCUT2D eigenvalue weighted by Crippen LogP contribution is 2.35. The second kappa shape index (κ2) is 8.05. The number of nitrogens with one attached hydrogen (secondary N) is 1. The number of sulfonamides is 1. The molecule has 0 spiro atoms. The van der Waals surface area contributed by atoms with Gasteiger partial charge in [-0.1, -0.05) is 29.8 Å². The molecular formula is C22H18ClN3O4S. The van der Waals surface area contributed by atoms with Crippen molar-refractivity contribution in [2.24, 2.45) is 5.73 Å². The Kier molecular flexibility index (Phi) is 5.43. The highest BCUT2D eigenvalue weighted by atomic mass is 35.5. The Bertz CT molecular complexity index is 1290. The molecule has 1 aliphatic rings. The number of amides is 2. The van der Waals surface area contributed by atoms with Crippen LogP contribution in [-0.2, 0) is 16.4 Å². The fourth-order valence-electron chi connectivity index (χ4n) is 3.44. The normalized spacial score (nSPS) is 13.0. The van der Waals surface area contributed by atoms with Gasteiger partial charge >= 0.3 is 0 Å². The largest absolute Gasteiger partial charge is 0.366 e. The van der Waals surface area contributed by atoms with E-state index in [0.717, 1.165) is 5.56 Å². The van der Waals surface area contributed by atoms with E-state index in [4.69, 9.17) is 17.3 Å². The van der Waals surface area contributed by atoms with Crippen LogP contribution < -0.4 is 15.4 Å². The van der Waals surface area contributed by atoms with Crippen molar-refractivity contribution >= 4 is 44.8 Å². The quantitative estimate of drug-likeness (QED) is 0.614. The number of carbonyl (C=O) groups is 2. The summed E-state index contributed by atoms with van der Waals surface area (Å²) in [7, 11) is -3.96. The zero-order chi connectivity index (χ0) is 22.2. The number of primary amides is 1. The molecule has 31 heavy (non-hydrogen) atoms. The molecule has 1 heterocycles. The lowest BCUT2D eigenvalue weighted by Gasteiger charge is -2.20. The molecule has 0 unspecified atom stereocenters. The number of hydrogen-bond donors (Lipinski definition) is 2. The standard InChI is InChI=1S/C22H18ClN3O4S/c23-18-10-7-16(22(28)25-17-8-5-15(6-9-17)21(24)27)13-20(18)31(29,30)26-12-11-14-3-1-2-4-19(14)26/h1-10,13H,11-12H2,(H2,24,27)(H,25,28). The van der Waals surface area contributed by atoms with Gasteiger partial charge in [0.1, 0.15) is 4.90 Å². The summed E-state index contributed by atoms with van der Waals surface area (Å²) in [6.45, 7) is 0.306. The van der Waals surface area contributed by atoms with Crippen LogP contribution in [0.2, 0.25) is 5.02 Å². The first-order chi connectivity index (χ1) is 14.8. The average Bonchev–Trinajstić information content (AvgIpc) is 3.19. The Morgan fingerprint density at radius 2 is 1.65 bits per heavy atom. The highest BCUT2D eigenvalue weighted by Gasteiger charge is 2.32. The summed E-state index contributed by atoms with van der Waals surface area (Å²) >= 11 is 6.22. The monoisotopic (exact) mass is 455 g/mol.